The number of nitro benzene ring substituents is 1. The minimum absolute atomic E-state index is 0.0433. The molecule has 0 aliphatic carbocycles. The van der Waals surface area contributed by atoms with Crippen LogP contribution in [0.3, 0.4) is 0 Å². The summed E-state index contributed by atoms with van der Waals surface area (Å²) in [5, 5.41) is 14.8. The van der Waals surface area contributed by atoms with Gasteiger partial charge in [0.05, 0.1) is 34.8 Å². The van der Waals surface area contributed by atoms with Gasteiger partial charge in [-0.15, -0.1) is 0 Å². The molecule has 1 aromatic carbocycles. The van der Waals surface area contributed by atoms with Crippen molar-refractivity contribution < 1.29 is 22.8 Å². The summed E-state index contributed by atoms with van der Waals surface area (Å²) in [6.45, 7) is 1.27. The average Bonchev–Trinajstić information content (AvgIpc) is 3.06. The van der Waals surface area contributed by atoms with Crippen LogP contribution in [-0.2, 0) is 17.5 Å². The molecule has 2 aromatic rings. The summed E-state index contributed by atoms with van der Waals surface area (Å²) < 4.78 is 46.2. The Labute approximate surface area is 151 Å². The van der Waals surface area contributed by atoms with Gasteiger partial charge in [-0.25, -0.2) is 0 Å². The lowest BCUT2D eigenvalue weighted by atomic mass is 10.1. The van der Waals surface area contributed by atoms with Gasteiger partial charge in [0.15, 0.2) is 0 Å². The number of hydrogen-bond donors (Lipinski definition) is 0. The summed E-state index contributed by atoms with van der Waals surface area (Å²) >= 11 is 5.75. The van der Waals surface area contributed by atoms with Crippen molar-refractivity contribution in [3.05, 3.63) is 51.3 Å². The Morgan fingerprint density at radius 3 is 2.81 bits per heavy atom. The molecule has 1 saturated heterocycles. The van der Waals surface area contributed by atoms with E-state index in [9.17, 15) is 23.3 Å². The summed E-state index contributed by atoms with van der Waals surface area (Å²) in [5.41, 5.74) is -1.82. The lowest BCUT2D eigenvalue weighted by Crippen LogP contribution is -2.44. The first kappa shape index (κ1) is 18.5. The van der Waals surface area contributed by atoms with Crippen molar-refractivity contribution in [2.75, 3.05) is 24.6 Å². The van der Waals surface area contributed by atoms with Gasteiger partial charge >= 0.3 is 6.18 Å². The Kier molecular flexibility index (Phi) is 5.05. The molecule has 7 nitrogen and oxygen atoms in total. The Balaban J connectivity index is 1.89. The number of nitro groups is 1. The van der Waals surface area contributed by atoms with Gasteiger partial charge in [0, 0.05) is 31.5 Å². The third-order valence-corrected chi connectivity index (χ3v) is 4.31. The van der Waals surface area contributed by atoms with Crippen LogP contribution in [0.4, 0.5) is 24.5 Å². The molecular formula is C15H14ClF3N4O3. The molecule has 1 aliphatic heterocycles. The molecule has 0 amide bonds. The van der Waals surface area contributed by atoms with Gasteiger partial charge in [0.1, 0.15) is 5.69 Å². The van der Waals surface area contributed by atoms with Crippen LogP contribution in [0.5, 0.6) is 0 Å². The van der Waals surface area contributed by atoms with Gasteiger partial charge in [-0.2, -0.15) is 18.3 Å². The van der Waals surface area contributed by atoms with E-state index < -0.39 is 27.4 Å². The Hall–Kier alpha value is -2.33. The zero-order valence-electron chi connectivity index (χ0n) is 13.3. The maximum Gasteiger partial charge on any atom is 0.418 e. The van der Waals surface area contributed by atoms with Gasteiger partial charge in [-0.05, 0) is 12.1 Å². The van der Waals surface area contributed by atoms with E-state index in [1.54, 1.807) is 28.0 Å². The molecule has 0 saturated carbocycles. The third kappa shape index (κ3) is 3.91. The highest BCUT2D eigenvalue weighted by Gasteiger charge is 2.37. The molecule has 0 N–H and O–H groups in total. The molecular weight excluding hydrogens is 377 g/mol. The van der Waals surface area contributed by atoms with Crippen molar-refractivity contribution in [3.63, 3.8) is 0 Å². The number of ether oxygens (including phenoxy) is 1. The van der Waals surface area contributed by atoms with E-state index in [2.05, 4.69) is 5.10 Å². The van der Waals surface area contributed by atoms with Gasteiger partial charge in [-0.3, -0.25) is 14.8 Å². The van der Waals surface area contributed by atoms with E-state index >= 15 is 0 Å². The van der Waals surface area contributed by atoms with Crippen LogP contribution in [-0.4, -0.2) is 40.5 Å². The molecule has 0 radical (unpaired) electrons. The van der Waals surface area contributed by atoms with Crippen molar-refractivity contribution in [1.82, 2.24) is 9.78 Å². The fourth-order valence-corrected chi connectivity index (χ4v) is 3.10. The van der Waals surface area contributed by atoms with Crippen LogP contribution >= 0.6 is 11.6 Å². The number of morpholine rings is 1. The summed E-state index contributed by atoms with van der Waals surface area (Å²) in [6, 6.07) is 3.23. The molecule has 3 rings (SSSR count). The van der Waals surface area contributed by atoms with Crippen LogP contribution in [0.2, 0.25) is 5.02 Å². The summed E-state index contributed by atoms with van der Waals surface area (Å²) in [4.78, 5) is 12.1. The van der Waals surface area contributed by atoms with Crippen LogP contribution in [0.25, 0.3) is 0 Å². The number of anilines is 1. The topological polar surface area (TPSA) is 73.4 Å². The molecule has 0 bridgehead atoms. The van der Waals surface area contributed by atoms with Crippen LogP contribution in [0.1, 0.15) is 5.56 Å². The van der Waals surface area contributed by atoms with Crippen molar-refractivity contribution in [2.24, 2.45) is 0 Å². The molecule has 140 valence electrons. The minimum Gasteiger partial charge on any atom is -0.373 e. The number of aromatic nitrogens is 2. The minimum atomic E-state index is -4.77. The number of alkyl halides is 3. The van der Waals surface area contributed by atoms with E-state index in [-0.39, 0.29) is 24.9 Å². The zero-order chi connectivity index (χ0) is 18.9. The third-order valence-electron chi connectivity index (χ3n) is 4.00. The molecule has 1 unspecified atom stereocenters. The van der Waals surface area contributed by atoms with Crippen molar-refractivity contribution in [2.45, 2.75) is 18.8 Å². The summed E-state index contributed by atoms with van der Waals surface area (Å²) in [7, 11) is 0. The number of nitrogens with zero attached hydrogens (tertiary/aromatic N) is 4. The van der Waals surface area contributed by atoms with Crippen molar-refractivity contribution >= 4 is 23.0 Å². The van der Waals surface area contributed by atoms with Gasteiger partial charge in [0.25, 0.3) is 5.69 Å². The molecule has 0 spiro atoms. The van der Waals surface area contributed by atoms with Crippen LogP contribution in [0, 0.1) is 10.1 Å². The highest BCUT2D eigenvalue weighted by atomic mass is 35.5. The van der Waals surface area contributed by atoms with E-state index in [0.717, 1.165) is 6.07 Å². The second-order valence-corrected chi connectivity index (χ2v) is 6.15. The zero-order valence-corrected chi connectivity index (χ0v) is 14.1. The fourth-order valence-electron chi connectivity index (χ4n) is 2.83. The summed E-state index contributed by atoms with van der Waals surface area (Å²) in [6.07, 6.45) is -1.72. The average molecular weight is 391 g/mol. The fraction of sp³-hybridized carbons (Fsp3) is 0.400. The number of halogens is 4. The number of rotatable bonds is 4. The number of hydrogen-bond acceptors (Lipinski definition) is 5. The van der Waals surface area contributed by atoms with E-state index in [1.165, 1.54) is 0 Å². The maximum absolute atomic E-state index is 13.0. The highest BCUT2D eigenvalue weighted by molar-refractivity contribution is 6.31. The largest absolute Gasteiger partial charge is 0.418 e. The molecule has 1 fully saturated rings. The van der Waals surface area contributed by atoms with E-state index in [1.807, 2.05) is 0 Å². The molecule has 11 heteroatoms. The lowest BCUT2D eigenvalue weighted by molar-refractivity contribution is -0.384. The normalized spacial score (nSPS) is 18.2. The predicted molar refractivity (Wildman–Crippen MR) is 87.3 cm³/mol. The number of benzene rings is 1. The standard InChI is InChI=1S/C15H14ClF3N4O3/c16-12-7-13(14(23(24)25)6-11(12)15(17,18)19)21-4-5-26-10(8-21)9-22-3-1-2-20-22/h1-3,6-7,10H,4-5,8-9H2. The second-order valence-electron chi connectivity index (χ2n) is 5.74. The van der Waals surface area contributed by atoms with Crippen LogP contribution < -0.4 is 4.90 Å². The van der Waals surface area contributed by atoms with Gasteiger partial charge < -0.3 is 9.64 Å². The first-order valence-electron chi connectivity index (χ1n) is 7.65. The molecule has 1 aromatic heterocycles. The first-order chi connectivity index (χ1) is 12.3. The Morgan fingerprint density at radius 2 is 2.19 bits per heavy atom. The highest BCUT2D eigenvalue weighted by Crippen LogP contribution is 2.41. The van der Waals surface area contributed by atoms with Crippen LogP contribution in [0.15, 0.2) is 30.6 Å². The molecule has 26 heavy (non-hydrogen) atoms. The van der Waals surface area contributed by atoms with Crippen molar-refractivity contribution in [3.8, 4) is 0 Å². The van der Waals surface area contributed by atoms with Gasteiger partial charge in [-0.1, -0.05) is 11.6 Å². The maximum atomic E-state index is 13.0. The monoisotopic (exact) mass is 390 g/mol. The molecule has 2 heterocycles. The Morgan fingerprint density at radius 1 is 1.42 bits per heavy atom. The Bertz CT molecular complexity index is 798. The smallest absolute Gasteiger partial charge is 0.373 e. The molecule has 1 atom stereocenters. The van der Waals surface area contributed by atoms with E-state index in [0.29, 0.717) is 19.2 Å². The first-order valence-corrected chi connectivity index (χ1v) is 8.02. The van der Waals surface area contributed by atoms with Crippen molar-refractivity contribution in [1.29, 1.82) is 0 Å². The SMILES string of the molecule is O=[N+]([O-])c1cc(C(F)(F)F)c(Cl)cc1N1CCOC(Cn2cccn2)C1. The second kappa shape index (κ2) is 7.12. The van der Waals surface area contributed by atoms with E-state index in [4.69, 9.17) is 16.3 Å². The molecule has 1 aliphatic rings. The lowest BCUT2D eigenvalue weighted by Gasteiger charge is -2.34. The van der Waals surface area contributed by atoms with Gasteiger partial charge in [0.2, 0.25) is 0 Å². The predicted octanol–water partition coefficient (Wildman–Crippen LogP) is 3.37. The summed E-state index contributed by atoms with van der Waals surface area (Å²) in [5.74, 6) is 0. The quantitative estimate of drug-likeness (QED) is 0.591.